The lowest BCUT2D eigenvalue weighted by atomic mass is 9.86. The highest BCUT2D eigenvalue weighted by molar-refractivity contribution is 5.89. The largest absolute Gasteiger partial charge is 0.393 e. The van der Waals surface area contributed by atoms with Gasteiger partial charge in [0.05, 0.1) is 11.6 Å². The summed E-state index contributed by atoms with van der Waals surface area (Å²) in [6, 6.07) is 7.80. The average molecular weight is 272 g/mol. The Hall–Kier alpha value is -1.88. The molecular weight excluding hydrogens is 252 g/mol. The number of nitrogens with one attached hydrogen (secondary N) is 1. The summed E-state index contributed by atoms with van der Waals surface area (Å²) in [5.74, 6) is 1.32. The summed E-state index contributed by atoms with van der Waals surface area (Å²) < 4.78 is 0. The number of nitrogen functional groups attached to an aromatic ring is 1. The number of hydrogen-bond acceptors (Lipinski definition) is 5. The standard InChI is InChI=1S/C15H20N4O/c16-15-18-12-7-3-2-6-11(12)14(19-15)17-9-10-5-1-4-8-13(10)20/h2-3,6-7,10,13,20H,1,4-5,8-9H2,(H3,16,17,18,19). The van der Waals surface area contributed by atoms with Gasteiger partial charge in [0.1, 0.15) is 5.82 Å². The molecule has 3 rings (SSSR count). The molecule has 0 amide bonds. The van der Waals surface area contributed by atoms with E-state index in [0.717, 1.165) is 42.5 Å². The van der Waals surface area contributed by atoms with E-state index in [1.807, 2.05) is 24.3 Å². The number of para-hydroxylation sites is 1. The van der Waals surface area contributed by atoms with E-state index >= 15 is 0 Å². The highest BCUT2D eigenvalue weighted by atomic mass is 16.3. The van der Waals surface area contributed by atoms with Gasteiger partial charge < -0.3 is 16.2 Å². The Labute approximate surface area is 118 Å². The van der Waals surface area contributed by atoms with Gasteiger partial charge in [-0.25, -0.2) is 4.98 Å². The molecule has 1 aliphatic carbocycles. The molecule has 1 fully saturated rings. The van der Waals surface area contributed by atoms with E-state index in [9.17, 15) is 5.11 Å². The van der Waals surface area contributed by atoms with Gasteiger partial charge in [0.15, 0.2) is 0 Å². The summed E-state index contributed by atoms with van der Waals surface area (Å²) in [6.45, 7) is 0.724. The Balaban J connectivity index is 1.80. The van der Waals surface area contributed by atoms with Crippen LogP contribution in [-0.2, 0) is 0 Å². The van der Waals surface area contributed by atoms with Crippen LogP contribution < -0.4 is 11.1 Å². The predicted octanol–water partition coefficient (Wildman–Crippen LogP) is 2.17. The fourth-order valence-electron chi connectivity index (χ4n) is 2.88. The van der Waals surface area contributed by atoms with Crippen LogP contribution in [0.25, 0.3) is 10.9 Å². The van der Waals surface area contributed by atoms with Crippen LogP contribution in [0, 0.1) is 5.92 Å². The van der Waals surface area contributed by atoms with Crippen LogP contribution in [0.15, 0.2) is 24.3 Å². The van der Waals surface area contributed by atoms with Gasteiger partial charge in [-0.3, -0.25) is 0 Å². The molecule has 4 N–H and O–H groups in total. The van der Waals surface area contributed by atoms with Crippen LogP contribution in [0.1, 0.15) is 25.7 Å². The van der Waals surface area contributed by atoms with Crippen molar-refractivity contribution in [3.8, 4) is 0 Å². The summed E-state index contributed by atoms with van der Waals surface area (Å²) in [5.41, 5.74) is 6.59. The number of hydrogen-bond donors (Lipinski definition) is 3. The molecule has 0 aliphatic heterocycles. The first kappa shape index (κ1) is 13.1. The van der Waals surface area contributed by atoms with E-state index in [0.29, 0.717) is 5.92 Å². The maximum absolute atomic E-state index is 10.0. The monoisotopic (exact) mass is 272 g/mol. The summed E-state index contributed by atoms with van der Waals surface area (Å²) in [4.78, 5) is 8.51. The van der Waals surface area contributed by atoms with Crippen molar-refractivity contribution >= 4 is 22.7 Å². The van der Waals surface area contributed by atoms with Crippen molar-refractivity contribution < 1.29 is 5.11 Å². The maximum Gasteiger partial charge on any atom is 0.222 e. The first-order valence-corrected chi connectivity index (χ1v) is 7.18. The molecule has 0 spiro atoms. The molecule has 2 unspecified atom stereocenters. The molecule has 1 heterocycles. The number of aromatic nitrogens is 2. The molecule has 20 heavy (non-hydrogen) atoms. The van der Waals surface area contributed by atoms with Gasteiger partial charge in [-0.2, -0.15) is 4.98 Å². The average Bonchev–Trinajstić information content (AvgIpc) is 2.46. The number of nitrogens with two attached hydrogens (primary N) is 1. The number of aliphatic hydroxyl groups is 1. The van der Waals surface area contributed by atoms with Gasteiger partial charge in [-0.05, 0) is 25.0 Å². The molecule has 2 atom stereocenters. The first-order chi connectivity index (χ1) is 9.74. The number of aliphatic hydroxyl groups excluding tert-OH is 1. The third-order valence-electron chi connectivity index (χ3n) is 4.02. The Morgan fingerprint density at radius 3 is 2.85 bits per heavy atom. The molecule has 1 aromatic heterocycles. The molecule has 0 saturated heterocycles. The van der Waals surface area contributed by atoms with Crippen LogP contribution in [0.5, 0.6) is 0 Å². The second-order valence-electron chi connectivity index (χ2n) is 5.44. The van der Waals surface area contributed by atoms with E-state index in [1.165, 1.54) is 6.42 Å². The lowest BCUT2D eigenvalue weighted by Gasteiger charge is -2.27. The smallest absolute Gasteiger partial charge is 0.222 e. The molecule has 0 radical (unpaired) electrons. The number of fused-ring (bicyclic) bond motifs is 1. The van der Waals surface area contributed by atoms with Crippen molar-refractivity contribution in [2.45, 2.75) is 31.8 Å². The van der Waals surface area contributed by atoms with Crippen molar-refractivity contribution in [1.82, 2.24) is 9.97 Å². The summed E-state index contributed by atoms with van der Waals surface area (Å²) in [7, 11) is 0. The highest BCUT2D eigenvalue weighted by Crippen LogP contribution is 2.26. The number of rotatable bonds is 3. The number of benzene rings is 1. The minimum absolute atomic E-state index is 0.207. The molecule has 0 bridgehead atoms. The SMILES string of the molecule is Nc1nc(NCC2CCCCC2O)c2ccccc2n1. The zero-order valence-electron chi connectivity index (χ0n) is 11.4. The van der Waals surface area contributed by atoms with Gasteiger partial charge >= 0.3 is 0 Å². The Kier molecular flexibility index (Phi) is 3.69. The van der Waals surface area contributed by atoms with Gasteiger partial charge in [0.25, 0.3) is 0 Å². The second-order valence-corrected chi connectivity index (χ2v) is 5.44. The Morgan fingerprint density at radius 1 is 1.20 bits per heavy atom. The van der Waals surface area contributed by atoms with E-state index < -0.39 is 0 Å². The summed E-state index contributed by atoms with van der Waals surface area (Å²) in [5, 5.41) is 14.3. The van der Waals surface area contributed by atoms with Crippen LogP contribution in [0.2, 0.25) is 0 Å². The van der Waals surface area contributed by atoms with E-state index in [2.05, 4.69) is 15.3 Å². The molecule has 1 aliphatic rings. The topological polar surface area (TPSA) is 84.1 Å². The predicted molar refractivity (Wildman–Crippen MR) is 80.4 cm³/mol. The molecule has 1 saturated carbocycles. The van der Waals surface area contributed by atoms with E-state index in [4.69, 9.17) is 5.73 Å². The molecular formula is C15H20N4O. The Bertz CT molecular complexity index is 601. The zero-order chi connectivity index (χ0) is 13.9. The molecule has 2 aromatic rings. The minimum Gasteiger partial charge on any atom is -0.393 e. The van der Waals surface area contributed by atoms with Crippen molar-refractivity contribution in [2.75, 3.05) is 17.6 Å². The highest BCUT2D eigenvalue weighted by Gasteiger charge is 2.23. The van der Waals surface area contributed by atoms with Crippen LogP contribution in [0.4, 0.5) is 11.8 Å². The number of nitrogens with zero attached hydrogens (tertiary/aromatic N) is 2. The maximum atomic E-state index is 10.0. The fourth-order valence-corrected chi connectivity index (χ4v) is 2.88. The third-order valence-corrected chi connectivity index (χ3v) is 4.02. The second kappa shape index (κ2) is 5.63. The van der Waals surface area contributed by atoms with Crippen molar-refractivity contribution in [1.29, 1.82) is 0 Å². The van der Waals surface area contributed by atoms with Crippen molar-refractivity contribution in [3.63, 3.8) is 0 Å². The fraction of sp³-hybridized carbons (Fsp3) is 0.467. The van der Waals surface area contributed by atoms with Gasteiger partial charge in [0, 0.05) is 17.8 Å². The van der Waals surface area contributed by atoms with Gasteiger partial charge in [-0.15, -0.1) is 0 Å². The number of anilines is 2. The minimum atomic E-state index is -0.207. The van der Waals surface area contributed by atoms with Crippen LogP contribution in [0.3, 0.4) is 0 Å². The van der Waals surface area contributed by atoms with E-state index in [-0.39, 0.29) is 12.1 Å². The van der Waals surface area contributed by atoms with Gasteiger partial charge in [-0.1, -0.05) is 25.0 Å². The lowest BCUT2D eigenvalue weighted by Crippen LogP contribution is -2.30. The van der Waals surface area contributed by atoms with Crippen molar-refractivity contribution in [2.24, 2.45) is 5.92 Å². The van der Waals surface area contributed by atoms with Crippen LogP contribution >= 0.6 is 0 Å². The summed E-state index contributed by atoms with van der Waals surface area (Å²) >= 11 is 0. The van der Waals surface area contributed by atoms with Crippen molar-refractivity contribution in [3.05, 3.63) is 24.3 Å². The van der Waals surface area contributed by atoms with Crippen LogP contribution in [-0.4, -0.2) is 27.7 Å². The quantitative estimate of drug-likeness (QED) is 0.797. The third kappa shape index (κ3) is 2.67. The first-order valence-electron chi connectivity index (χ1n) is 7.18. The lowest BCUT2D eigenvalue weighted by molar-refractivity contribution is 0.0763. The molecule has 106 valence electrons. The molecule has 5 nitrogen and oxygen atoms in total. The van der Waals surface area contributed by atoms with E-state index in [1.54, 1.807) is 0 Å². The Morgan fingerprint density at radius 2 is 2.00 bits per heavy atom. The summed E-state index contributed by atoms with van der Waals surface area (Å²) in [6.07, 6.45) is 4.07. The van der Waals surface area contributed by atoms with Gasteiger partial charge in [0.2, 0.25) is 5.95 Å². The molecule has 1 aromatic carbocycles. The zero-order valence-corrected chi connectivity index (χ0v) is 11.4. The normalized spacial score (nSPS) is 22.9. The molecule has 5 heteroatoms.